The van der Waals surface area contributed by atoms with Crippen molar-refractivity contribution in [3.05, 3.63) is 96.1 Å². The molecule has 0 bridgehead atoms. The lowest BCUT2D eigenvalue weighted by molar-refractivity contribution is 0.368. The number of benzene rings is 4. The molecule has 2 aliphatic carbocycles. The molecule has 0 aliphatic heterocycles. The molecule has 0 unspecified atom stereocenters. The Morgan fingerprint density at radius 2 is 0.818 bits per heavy atom. The van der Waals surface area contributed by atoms with Gasteiger partial charge in [0.05, 0.1) is 0 Å². The van der Waals surface area contributed by atoms with Crippen LogP contribution in [0.25, 0.3) is 21.5 Å². The van der Waals surface area contributed by atoms with E-state index < -0.39 is 0 Å². The van der Waals surface area contributed by atoms with Gasteiger partial charge in [-0.15, -0.1) is 0 Å². The van der Waals surface area contributed by atoms with E-state index in [2.05, 4.69) is 84.9 Å². The van der Waals surface area contributed by atoms with E-state index in [1.54, 1.807) is 11.1 Å². The number of fused-ring (bicyclic) bond motifs is 2. The van der Waals surface area contributed by atoms with E-state index in [-0.39, 0.29) is 0 Å². The molecular weight excluding hydrogens is 415 g/mol. The highest BCUT2D eigenvalue weighted by Crippen LogP contribution is 2.66. The molecule has 168 valence electrons. The zero-order valence-electron chi connectivity index (χ0n) is 19.7. The normalized spacial score (nSPS) is 20.1. The largest absolute Gasteiger partial charge is 0.0999 e. The topological polar surface area (TPSA) is 0 Å². The molecule has 0 aromatic heterocycles. The minimum absolute atomic E-state index is 0.313. The Hall–Kier alpha value is -2.17. The first-order valence-electron chi connectivity index (χ1n) is 13.1. The molecule has 4 aromatic carbocycles. The van der Waals surface area contributed by atoms with E-state index in [9.17, 15) is 0 Å². The molecule has 6 rings (SSSR count). The molecular formula is C32H35P. The molecule has 2 saturated carbocycles. The van der Waals surface area contributed by atoms with Gasteiger partial charge in [0.2, 0.25) is 0 Å². The molecule has 0 N–H and O–H groups in total. The molecule has 0 amide bonds. The number of hydrogen-bond donors (Lipinski definition) is 0. The van der Waals surface area contributed by atoms with Crippen LogP contribution in [0.4, 0.5) is 0 Å². The van der Waals surface area contributed by atoms with Crippen LogP contribution in [-0.4, -0.2) is 0 Å². The molecule has 0 atom stereocenters. The standard InChI is InChI=1S/C32H35P/c1-7-21-31(22-8-1,29-19-11-15-25-13-3-5-17-27(25)29)33-32(23-9-2-10-24-32)30-20-12-16-26-14-4-6-18-28(26)30/h3-6,11-20,33H,1-2,7-10,21-24H2. The summed E-state index contributed by atoms with van der Waals surface area (Å²) in [4.78, 5) is 0. The fraction of sp³-hybridized carbons (Fsp3) is 0.375. The second-order valence-electron chi connectivity index (χ2n) is 10.5. The van der Waals surface area contributed by atoms with Gasteiger partial charge in [-0.05, 0) is 58.4 Å². The molecule has 0 heterocycles. The van der Waals surface area contributed by atoms with Crippen molar-refractivity contribution in [2.75, 3.05) is 0 Å². The van der Waals surface area contributed by atoms with Crippen molar-refractivity contribution in [1.82, 2.24) is 0 Å². The minimum atomic E-state index is 0.313. The van der Waals surface area contributed by atoms with Gasteiger partial charge < -0.3 is 0 Å². The van der Waals surface area contributed by atoms with Crippen LogP contribution in [0.3, 0.4) is 0 Å². The molecule has 2 fully saturated rings. The minimum Gasteiger partial charge on any atom is -0.0999 e. The second-order valence-corrected chi connectivity index (χ2v) is 12.6. The number of hydrogen-bond acceptors (Lipinski definition) is 0. The van der Waals surface area contributed by atoms with E-state index in [4.69, 9.17) is 0 Å². The quantitative estimate of drug-likeness (QED) is 0.271. The third kappa shape index (κ3) is 3.81. The molecule has 0 saturated heterocycles. The van der Waals surface area contributed by atoms with E-state index in [1.165, 1.54) is 85.8 Å². The molecule has 0 radical (unpaired) electrons. The summed E-state index contributed by atoms with van der Waals surface area (Å²) in [6.45, 7) is 0. The van der Waals surface area contributed by atoms with Crippen LogP contribution in [0.15, 0.2) is 84.9 Å². The van der Waals surface area contributed by atoms with Gasteiger partial charge in [-0.3, -0.25) is 0 Å². The van der Waals surface area contributed by atoms with Gasteiger partial charge in [0.25, 0.3) is 0 Å². The van der Waals surface area contributed by atoms with Crippen molar-refractivity contribution in [2.24, 2.45) is 0 Å². The zero-order chi connectivity index (χ0) is 22.1. The average molecular weight is 451 g/mol. The van der Waals surface area contributed by atoms with Crippen LogP contribution in [-0.2, 0) is 10.3 Å². The Bertz CT molecular complexity index is 1150. The van der Waals surface area contributed by atoms with E-state index >= 15 is 0 Å². The maximum absolute atomic E-state index is 2.49. The predicted molar refractivity (Wildman–Crippen MR) is 146 cm³/mol. The second kappa shape index (κ2) is 8.88. The fourth-order valence-corrected chi connectivity index (χ4v) is 9.81. The number of rotatable bonds is 4. The van der Waals surface area contributed by atoms with Gasteiger partial charge in [-0.1, -0.05) is 132 Å². The van der Waals surface area contributed by atoms with Crippen molar-refractivity contribution in [3.63, 3.8) is 0 Å². The third-order valence-corrected chi connectivity index (χ3v) is 11.0. The first kappa shape index (κ1) is 21.4. The third-order valence-electron chi connectivity index (χ3n) is 8.50. The lowest BCUT2D eigenvalue weighted by atomic mass is 9.80. The molecule has 0 spiro atoms. The SMILES string of the molecule is c1ccc2c(C3(PC4(c5cccc6ccccc56)CCCCC4)CCCCC3)cccc2c1. The monoisotopic (exact) mass is 450 g/mol. The van der Waals surface area contributed by atoms with Gasteiger partial charge in [0, 0.05) is 10.3 Å². The maximum Gasteiger partial charge on any atom is 0.0141 e. The molecule has 0 nitrogen and oxygen atoms in total. The summed E-state index contributed by atoms with van der Waals surface area (Å²) >= 11 is 0. The van der Waals surface area contributed by atoms with Crippen molar-refractivity contribution < 1.29 is 0 Å². The van der Waals surface area contributed by atoms with E-state index in [0.29, 0.717) is 10.3 Å². The van der Waals surface area contributed by atoms with Crippen LogP contribution in [0.5, 0.6) is 0 Å². The van der Waals surface area contributed by atoms with Gasteiger partial charge in [-0.2, -0.15) is 0 Å². The van der Waals surface area contributed by atoms with Crippen LogP contribution < -0.4 is 0 Å². The van der Waals surface area contributed by atoms with Crippen LogP contribution in [0.2, 0.25) is 0 Å². The maximum atomic E-state index is 2.49. The Morgan fingerprint density at radius 1 is 0.424 bits per heavy atom. The van der Waals surface area contributed by atoms with Crippen LogP contribution in [0.1, 0.15) is 75.3 Å². The molecule has 1 heteroatoms. The summed E-state index contributed by atoms with van der Waals surface area (Å²) in [6, 6.07) is 32.5. The first-order chi connectivity index (χ1) is 16.3. The summed E-state index contributed by atoms with van der Waals surface area (Å²) in [5.41, 5.74) is 3.28. The predicted octanol–water partition coefficient (Wildman–Crippen LogP) is 9.69. The van der Waals surface area contributed by atoms with Gasteiger partial charge in [0.15, 0.2) is 0 Å². The first-order valence-corrected chi connectivity index (χ1v) is 14.1. The van der Waals surface area contributed by atoms with Gasteiger partial charge >= 0.3 is 0 Å². The summed E-state index contributed by atoms with van der Waals surface area (Å²) in [6.07, 6.45) is 13.7. The molecule has 4 aromatic rings. The van der Waals surface area contributed by atoms with Crippen LogP contribution >= 0.6 is 8.58 Å². The van der Waals surface area contributed by atoms with Crippen molar-refractivity contribution >= 4 is 30.1 Å². The van der Waals surface area contributed by atoms with E-state index in [1.807, 2.05) is 0 Å². The Morgan fingerprint density at radius 3 is 1.27 bits per heavy atom. The van der Waals surface area contributed by atoms with Crippen LogP contribution in [0, 0.1) is 0 Å². The lowest BCUT2D eigenvalue weighted by Crippen LogP contribution is -2.33. The lowest BCUT2D eigenvalue weighted by Gasteiger charge is -2.49. The highest BCUT2D eigenvalue weighted by Gasteiger charge is 2.45. The summed E-state index contributed by atoms with van der Waals surface area (Å²) in [5, 5.41) is 6.44. The van der Waals surface area contributed by atoms with Gasteiger partial charge in [0.1, 0.15) is 0 Å². The summed E-state index contributed by atoms with van der Waals surface area (Å²) < 4.78 is 0. The zero-order valence-corrected chi connectivity index (χ0v) is 20.7. The van der Waals surface area contributed by atoms with Crippen molar-refractivity contribution in [3.8, 4) is 0 Å². The highest BCUT2D eigenvalue weighted by molar-refractivity contribution is 7.41. The summed E-state index contributed by atoms with van der Waals surface area (Å²) in [7, 11) is 0.953. The Balaban J connectivity index is 1.54. The molecule has 33 heavy (non-hydrogen) atoms. The van der Waals surface area contributed by atoms with Crippen molar-refractivity contribution in [1.29, 1.82) is 0 Å². The van der Waals surface area contributed by atoms with E-state index in [0.717, 1.165) is 8.58 Å². The smallest absolute Gasteiger partial charge is 0.0141 e. The van der Waals surface area contributed by atoms with Crippen molar-refractivity contribution in [2.45, 2.75) is 74.5 Å². The fourth-order valence-electron chi connectivity index (χ4n) is 6.98. The molecule has 2 aliphatic rings. The summed E-state index contributed by atoms with van der Waals surface area (Å²) in [5.74, 6) is 0. The highest BCUT2D eigenvalue weighted by atomic mass is 31.1. The Kier molecular flexibility index (Phi) is 5.75. The Labute approximate surface area is 200 Å². The average Bonchev–Trinajstić information content (AvgIpc) is 2.89. The van der Waals surface area contributed by atoms with Gasteiger partial charge in [-0.25, -0.2) is 0 Å².